The lowest BCUT2D eigenvalue weighted by atomic mass is 9.80. The molecule has 10 nitrogen and oxygen atoms in total. The van der Waals surface area contributed by atoms with E-state index in [9.17, 15) is 9.90 Å². The van der Waals surface area contributed by atoms with E-state index in [0.717, 1.165) is 30.5 Å². The maximum absolute atomic E-state index is 14.3. The zero-order chi connectivity index (χ0) is 29.5. The average molecular weight is 579 g/mol. The van der Waals surface area contributed by atoms with Gasteiger partial charge in [0, 0.05) is 44.8 Å². The van der Waals surface area contributed by atoms with Crippen molar-refractivity contribution >= 4 is 5.91 Å². The van der Waals surface area contributed by atoms with Gasteiger partial charge in [0.15, 0.2) is 17.2 Å². The lowest BCUT2D eigenvalue weighted by Gasteiger charge is -2.41. The van der Waals surface area contributed by atoms with Crippen molar-refractivity contribution in [2.75, 3.05) is 54.2 Å². The molecule has 2 heterocycles. The van der Waals surface area contributed by atoms with Gasteiger partial charge in [-0.15, -0.1) is 0 Å². The Labute approximate surface area is 247 Å². The van der Waals surface area contributed by atoms with E-state index in [1.807, 2.05) is 58.0 Å². The van der Waals surface area contributed by atoms with Crippen molar-refractivity contribution in [3.63, 3.8) is 0 Å². The molecule has 1 aliphatic heterocycles. The van der Waals surface area contributed by atoms with Gasteiger partial charge in [-0.1, -0.05) is 49.2 Å². The highest BCUT2D eigenvalue weighted by atomic mass is 16.5. The molecular formula is C32H42N4O6. The molecule has 42 heavy (non-hydrogen) atoms. The molecular weight excluding hydrogens is 536 g/mol. The van der Waals surface area contributed by atoms with Gasteiger partial charge in [0.1, 0.15) is 5.60 Å². The summed E-state index contributed by atoms with van der Waals surface area (Å²) >= 11 is 0. The molecule has 1 aliphatic carbocycles. The van der Waals surface area contributed by atoms with E-state index in [-0.39, 0.29) is 24.6 Å². The average Bonchev–Trinajstić information content (AvgIpc) is 3.46. The Hall–Kier alpha value is -3.60. The van der Waals surface area contributed by atoms with Crippen LogP contribution in [0.15, 0.2) is 54.9 Å². The quantitative estimate of drug-likeness (QED) is 0.352. The molecule has 0 radical (unpaired) electrons. The minimum Gasteiger partial charge on any atom is -0.493 e. The molecule has 5 rings (SSSR count). The predicted molar refractivity (Wildman–Crippen MR) is 159 cm³/mol. The number of amides is 1. The third-order valence-electron chi connectivity index (χ3n) is 8.42. The second-order valence-electron chi connectivity index (χ2n) is 11.0. The standard InChI is InChI=1S/C32H42N4O6/c1-39-21-32(38)16-8-7-14-27(32)36-22-34-28(29(36)23-10-5-4-6-11-23)31(37)35-18-17-33-20-24(35)15-19-42-26-13-9-12-25(40-2)30(26)41-3/h4-6,9-13,22,24,27,33,38H,7-8,14-21H2,1-3H3/t24-,27-,32-/m1/s1. The van der Waals surface area contributed by atoms with Crippen molar-refractivity contribution in [2.45, 2.75) is 49.8 Å². The molecule has 0 bridgehead atoms. The fourth-order valence-corrected chi connectivity index (χ4v) is 6.35. The topological polar surface area (TPSA) is 107 Å². The number of methoxy groups -OCH3 is 3. The summed E-state index contributed by atoms with van der Waals surface area (Å²) in [5.74, 6) is 1.62. The number of carbonyl (C=O) groups excluding carboxylic acids is 1. The summed E-state index contributed by atoms with van der Waals surface area (Å²) in [4.78, 5) is 20.9. The highest BCUT2D eigenvalue weighted by Crippen LogP contribution is 2.41. The molecule has 0 spiro atoms. The van der Waals surface area contributed by atoms with Crippen LogP contribution in [-0.4, -0.2) is 91.3 Å². The minimum absolute atomic E-state index is 0.0864. The predicted octanol–water partition coefficient (Wildman–Crippen LogP) is 3.94. The number of piperazine rings is 1. The number of para-hydroxylation sites is 1. The number of aliphatic hydroxyl groups is 1. The molecule has 2 aliphatic rings. The van der Waals surface area contributed by atoms with Crippen LogP contribution >= 0.6 is 0 Å². The Kier molecular flexibility index (Phi) is 9.66. The summed E-state index contributed by atoms with van der Waals surface area (Å²) in [6, 6.07) is 15.1. The first-order valence-electron chi connectivity index (χ1n) is 14.7. The van der Waals surface area contributed by atoms with Crippen LogP contribution in [-0.2, 0) is 4.74 Å². The van der Waals surface area contributed by atoms with Crippen LogP contribution in [0.5, 0.6) is 17.2 Å². The number of aromatic nitrogens is 2. The highest BCUT2D eigenvalue weighted by Gasteiger charge is 2.42. The Morgan fingerprint density at radius 3 is 2.64 bits per heavy atom. The van der Waals surface area contributed by atoms with E-state index in [0.29, 0.717) is 62.0 Å². The first kappa shape index (κ1) is 29.9. The summed E-state index contributed by atoms with van der Waals surface area (Å²) in [7, 11) is 4.79. The van der Waals surface area contributed by atoms with Crippen molar-refractivity contribution in [1.29, 1.82) is 0 Å². The second-order valence-corrected chi connectivity index (χ2v) is 11.0. The zero-order valence-electron chi connectivity index (χ0n) is 24.8. The fraction of sp³-hybridized carbons (Fsp3) is 0.500. The van der Waals surface area contributed by atoms with Gasteiger partial charge < -0.3 is 38.8 Å². The molecule has 1 aromatic heterocycles. The SMILES string of the molecule is COC[C@]1(O)CCCC[C@H]1n1cnc(C(=O)N2CCNC[C@H]2CCOc2cccc(OC)c2OC)c1-c1ccccc1. The minimum atomic E-state index is -1.03. The Balaban J connectivity index is 1.41. The summed E-state index contributed by atoms with van der Waals surface area (Å²) < 4.78 is 24.5. The number of rotatable bonds is 11. The summed E-state index contributed by atoms with van der Waals surface area (Å²) in [5, 5.41) is 15.1. The van der Waals surface area contributed by atoms with E-state index in [2.05, 4.69) is 5.32 Å². The largest absolute Gasteiger partial charge is 0.493 e. The smallest absolute Gasteiger partial charge is 0.275 e. The van der Waals surface area contributed by atoms with Gasteiger partial charge in [-0.25, -0.2) is 4.98 Å². The summed E-state index contributed by atoms with van der Waals surface area (Å²) in [6.07, 6.45) is 5.69. The monoisotopic (exact) mass is 578 g/mol. The Morgan fingerprint density at radius 2 is 1.88 bits per heavy atom. The van der Waals surface area contributed by atoms with E-state index in [1.54, 1.807) is 27.7 Å². The van der Waals surface area contributed by atoms with E-state index in [4.69, 9.17) is 23.9 Å². The van der Waals surface area contributed by atoms with Crippen molar-refractivity contribution in [3.8, 4) is 28.5 Å². The van der Waals surface area contributed by atoms with Crippen LogP contribution in [0.3, 0.4) is 0 Å². The maximum atomic E-state index is 14.3. The Morgan fingerprint density at radius 1 is 1.07 bits per heavy atom. The molecule has 2 aromatic carbocycles. The van der Waals surface area contributed by atoms with Crippen molar-refractivity contribution in [3.05, 3.63) is 60.6 Å². The highest BCUT2D eigenvalue weighted by molar-refractivity contribution is 5.98. The number of benzene rings is 2. The van der Waals surface area contributed by atoms with Crippen LogP contribution in [0.25, 0.3) is 11.3 Å². The third kappa shape index (κ3) is 6.11. The van der Waals surface area contributed by atoms with Gasteiger partial charge in [0.25, 0.3) is 5.91 Å². The van der Waals surface area contributed by atoms with Crippen LogP contribution in [0.2, 0.25) is 0 Å². The van der Waals surface area contributed by atoms with Crippen LogP contribution in [0.4, 0.5) is 0 Å². The second kappa shape index (κ2) is 13.6. The summed E-state index contributed by atoms with van der Waals surface area (Å²) in [6.45, 7) is 2.54. The third-order valence-corrected chi connectivity index (χ3v) is 8.42. The van der Waals surface area contributed by atoms with Crippen LogP contribution in [0, 0.1) is 0 Å². The Bertz CT molecular complexity index is 1330. The molecule has 1 saturated carbocycles. The van der Waals surface area contributed by atoms with Gasteiger partial charge in [-0.05, 0) is 25.0 Å². The lowest BCUT2D eigenvalue weighted by Crippen LogP contribution is -2.54. The van der Waals surface area contributed by atoms with Gasteiger partial charge in [-0.2, -0.15) is 0 Å². The first-order valence-corrected chi connectivity index (χ1v) is 14.7. The van der Waals surface area contributed by atoms with Gasteiger partial charge in [0.05, 0.1) is 45.5 Å². The number of nitrogens with zero attached hydrogens (tertiary/aromatic N) is 3. The van der Waals surface area contributed by atoms with Gasteiger partial charge in [-0.3, -0.25) is 4.79 Å². The molecule has 0 unspecified atom stereocenters. The molecule has 2 fully saturated rings. The lowest BCUT2D eigenvalue weighted by molar-refractivity contribution is -0.0893. The number of hydrogen-bond donors (Lipinski definition) is 2. The van der Waals surface area contributed by atoms with Crippen molar-refractivity contribution < 1.29 is 28.8 Å². The first-order chi connectivity index (χ1) is 20.5. The van der Waals surface area contributed by atoms with Crippen LogP contribution in [0.1, 0.15) is 48.6 Å². The number of hydrogen-bond acceptors (Lipinski definition) is 8. The maximum Gasteiger partial charge on any atom is 0.275 e. The molecule has 1 amide bonds. The number of carbonyl (C=O) groups is 1. The number of nitrogens with one attached hydrogen (secondary N) is 1. The molecule has 1 saturated heterocycles. The molecule has 3 atom stereocenters. The van der Waals surface area contributed by atoms with Gasteiger partial charge >= 0.3 is 0 Å². The van der Waals surface area contributed by atoms with Crippen molar-refractivity contribution in [2.24, 2.45) is 0 Å². The fourth-order valence-electron chi connectivity index (χ4n) is 6.35. The number of imidazole rings is 1. The van der Waals surface area contributed by atoms with Gasteiger partial charge in [0.2, 0.25) is 5.75 Å². The normalized spacial score (nSPS) is 22.5. The van der Waals surface area contributed by atoms with E-state index < -0.39 is 5.60 Å². The molecule has 226 valence electrons. The van der Waals surface area contributed by atoms with E-state index >= 15 is 0 Å². The molecule has 10 heteroatoms. The number of ether oxygens (including phenoxy) is 4. The van der Waals surface area contributed by atoms with Crippen molar-refractivity contribution in [1.82, 2.24) is 19.8 Å². The van der Waals surface area contributed by atoms with Crippen LogP contribution < -0.4 is 19.5 Å². The van der Waals surface area contributed by atoms with E-state index in [1.165, 1.54) is 0 Å². The molecule has 3 aromatic rings. The summed E-state index contributed by atoms with van der Waals surface area (Å²) in [5.41, 5.74) is 0.988. The zero-order valence-corrected chi connectivity index (χ0v) is 24.8. The molecule has 2 N–H and O–H groups in total.